The molecule has 6 nitrogen and oxygen atoms in total. The van der Waals surface area contributed by atoms with Gasteiger partial charge in [0.25, 0.3) is 0 Å². The van der Waals surface area contributed by atoms with Gasteiger partial charge in [-0.1, -0.05) is 23.9 Å². The highest BCUT2D eigenvalue weighted by molar-refractivity contribution is 7.99. The summed E-state index contributed by atoms with van der Waals surface area (Å²) in [5.74, 6) is 1.05. The van der Waals surface area contributed by atoms with Crippen molar-refractivity contribution >= 4 is 17.7 Å². The average molecular weight is 292 g/mol. The number of rotatable bonds is 4. The lowest BCUT2D eigenvalue weighted by atomic mass is 10.2. The Labute approximate surface area is 121 Å². The predicted molar refractivity (Wildman–Crippen MR) is 77.5 cm³/mol. The van der Waals surface area contributed by atoms with Crippen LogP contribution in [0.4, 0.5) is 0 Å². The minimum absolute atomic E-state index is 0.0158. The molecule has 0 radical (unpaired) electrons. The van der Waals surface area contributed by atoms with Gasteiger partial charge in [0.1, 0.15) is 5.75 Å². The minimum Gasteiger partial charge on any atom is -0.507 e. The molecule has 1 heterocycles. The van der Waals surface area contributed by atoms with Crippen molar-refractivity contribution in [1.29, 1.82) is 0 Å². The Morgan fingerprint density at radius 2 is 2.05 bits per heavy atom. The summed E-state index contributed by atoms with van der Waals surface area (Å²) in [6, 6.07) is 6.96. The van der Waals surface area contributed by atoms with Crippen LogP contribution in [0.2, 0.25) is 0 Å². The molecule has 106 valence electrons. The molecule has 0 atom stereocenters. The molecule has 0 saturated carbocycles. The van der Waals surface area contributed by atoms with Crippen LogP contribution in [0.5, 0.6) is 5.75 Å². The fourth-order valence-electron chi connectivity index (χ4n) is 1.59. The van der Waals surface area contributed by atoms with Crippen molar-refractivity contribution in [2.24, 2.45) is 7.05 Å². The molecule has 0 aliphatic heterocycles. The van der Waals surface area contributed by atoms with Crippen LogP contribution in [0.1, 0.15) is 0 Å². The number of aromatic nitrogens is 3. The Morgan fingerprint density at radius 3 is 2.70 bits per heavy atom. The van der Waals surface area contributed by atoms with Crippen molar-refractivity contribution in [3.05, 3.63) is 24.3 Å². The molecule has 2 aromatic rings. The number of nitrogens with zero attached hydrogens (tertiary/aromatic N) is 4. The Kier molecular flexibility index (Phi) is 4.29. The van der Waals surface area contributed by atoms with Gasteiger partial charge in [-0.15, -0.1) is 10.2 Å². The molecule has 1 N–H and O–H groups in total. The first kappa shape index (κ1) is 14.4. The maximum absolute atomic E-state index is 11.6. The van der Waals surface area contributed by atoms with Gasteiger partial charge in [0.05, 0.1) is 11.3 Å². The van der Waals surface area contributed by atoms with Gasteiger partial charge >= 0.3 is 0 Å². The SMILES string of the molecule is CN(C)C(=O)CSc1nnc(-c2ccccc2O)n1C. The van der Waals surface area contributed by atoms with Crippen LogP contribution in [0.15, 0.2) is 29.4 Å². The summed E-state index contributed by atoms with van der Waals surface area (Å²) in [4.78, 5) is 13.1. The number of hydrogen-bond donors (Lipinski definition) is 1. The van der Waals surface area contributed by atoms with E-state index in [1.165, 1.54) is 16.7 Å². The molecule has 0 fully saturated rings. The van der Waals surface area contributed by atoms with Crippen molar-refractivity contribution < 1.29 is 9.90 Å². The third-order valence-corrected chi connectivity index (χ3v) is 3.81. The maximum atomic E-state index is 11.6. The Hall–Kier alpha value is -2.02. The highest BCUT2D eigenvalue weighted by Gasteiger charge is 2.15. The van der Waals surface area contributed by atoms with Crippen molar-refractivity contribution in [3.8, 4) is 17.1 Å². The predicted octanol–water partition coefficient (Wildman–Crippen LogP) is 1.37. The Morgan fingerprint density at radius 1 is 1.35 bits per heavy atom. The molecule has 0 aliphatic rings. The lowest BCUT2D eigenvalue weighted by Crippen LogP contribution is -2.23. The van der Waals surface area contributed by atoms with Gasteiger partial charge in [-0.3, -0.25) is 4.79 Å². The van der Waals surface area contributed by atoms with Crippen LogP contribution < -0.4 is 0 Å². The molecule has 0 spiro atoms. The van der Waals surface area contributed by atoms with E-state index in [1.54, 1.807) is 36.9 Å². The quantitative estimate of drug-likeness (QED) is 0.862. The number of para-hydroxylation sites is 1. The molecule has 1 aromatic heterocycles. The molecule has 2 rings (SSSR count). The summed E-state index contributed by atoms with van der Waals surface area (Å²) in [5, 5.41) is 18.6. The summed E-state index contributed by atoms with van der Waals surface area (Å²) >= 11 is 1.32. The summed E-state index contributed by atoms with van der Waals surface area (Å²) in [7, 11) is 5.24. The van der Waals surface area contributed by atoms with E-state index in [2.05, 4.69) is 10.2 Å². The van der Waals surface area contributed by atoms with E-state index < -0.39 is 0 Å². The molecule has 0 aliphatic carbocycles. The fourth-order valence-corrected chi connectivity index (χ4v) is 2.48. The van der Waals surface area contributed by atoms with E-state index in [0.29, 0.717) is 22.3 Å². The van der Waals surface area contributed by atoms with Crippen LogP contribution in [0, 0.1) is 0 Å². The van der Waals surface area contributed by atoms with Gasteiger partial charge in [-0.05, 0) is 12.1 Å². The van der Waals surface area contributed by atoms with Gasteiger partial charge in [-0.25, -0.2) is 0 Å². The van der Waals surface area contributed by atoms with Crippen LogP contribution in [0.3, 0.4) is 0 Å². The molecule has 0 bridgehead atoms. The highest BCUT2D eigenvalue weighted by atomic mass is 32.2. The molecule has 0 unspecified atom stereocenters. The van der Waals surface area contributed by atoms with E-state index in [1.807, 2.05) is 13.1 Å². The molecule has 1 aromatic carbocycles. The Balaban J connectivity index is 2.20. The zero-order chi connectivity index (χ0) is 14.7. The number of carbonyl (C=O) groups excluding carboxylic acids is 1. The second-order valence-electron chi connectivity index (χ2n) is 4.46. The smallest absolute Gasteiger partial charge is 0.232 e. The minimum atomic E-state index is 0.0158. The van der Waals surface area contributed by atoms with Crippen molar-refractivity contribution in [2.75, 3.05) is 19.8 Å². The van der Waals surface area contributed by atoms with E-state index >= 15 is 0 Å². The molecule has 20 heavy (non-hydrogen) atoms. The first-order chi connectivity index (χ1) is 9.50. The summed E-state index contributed by atoms with van der Waals surface area (Å²) in [6.07, 6.45) is 0. The summed E-state index contributed by atoms with van der Waals surface area (Å²) in [6.45, 7) is 0. The van der Waals surface area contributed by atoms with Crippen molar-refractivity contribution in [2.45, 2.75) is 5.16 Å². The van der Waals surface area contributed by atoms with Crippen LogP contribution >= 0.6 is 11.8 Å². The molecule has 7 heteroatoms. The average Bonchev–Trinajstić information content (AvgIpc) is 2.78. The normalized spacial score (nSPS) is 10.6. The van der Waals surface area contributed by atoms with Crippen molar-refractivity contribution in [1.82, 2.24) is 19.7 Å². The fraction of sp³-hybridized carbons (Fsp3) is 0.308. The van der Waals surface area contributed by atoms with Gasteiger partial charge in [0, 0.05) is 21.1 Å². The Bertz CT molecular complexity index is 625. The second-order valence-corrected chi connectivity index (χ2v) is 5.40. The summed E-state index contributed by atoms with van der Waals surface area (Å²) < 4.78 is 1.77. The first-order valence-electron chi connectivity index (χ1n) is 6.01. The number of aromatic hydroxyl groups is 1. The van der Waals surface area contributed by atoms with Crippen LogP contribution in [0.25, 0.3) is 11.4 Å². The number of hydrogen-bond acceptors (Lipinski definition) is 5. The van der Waals surface area contributed by atoms with E-state index in [4.69, 9.17) is 0 Å². The topological polar surface area (TPSA) is 71.2 Å². The standard InChI is InChI=1S/C13H16N4O2S/c1-16(2)11(19)8-20-13-15-14-12(17(13)3)9-6-4-5-7-10(9)18/h4-7,18H,8H2,1-3H3. The number of phenols is 1. The van der Waals surface area contributed by atoms with Gasteiger partial charge in [0.2, 0.25) is 5.91 Å². The largest absolute Gasteiger partial charge is 0.507 e. The highest BCUT2D eigenvalue weighted by Crippen LogP contribution is 2.29. The second kappa shape index (κ2) is 5.96. The zero-order valence-electron chi connectivity index (χ0n) is 11.6. The third kappa shape index (κ3) is 2.93. The molecular formula is C13H16N4O2S. The number of phenolic OH excluding ortho intramolecular Hbond substituents is 1. The van der Waals surface area contributed by atoms with Crippen molar-refractivity contribution in [3.63, 3.8) is 0 Å². The molecular weight excluding hydrogens is 276 g/mol. The number of amides is 1. The number of thioether (sulfide) groups is 1. The van der Waals surface area contributed by atoms with E-state index in [9.17, 15) is 9.90 Å². The molecule has 0 saturated heterocycles. The van der Waals surface area contributed by atoms with Gasteiger partial charge in [-0.2, -0.15) is 0 Å². The van der Waals surface area contributed by atoms with Crippen LogP contribution in [-0.4, -0.2) is 50.5 Å². The van der Waals surface area contributed by atoms with Crippen LogP contribution in [-0.2, 0) is 11.8 Å². The number of benzene rings is 1. The lowest BCUT2D eigenvalue weighted by Gasteiger charge is -2.09. The number of carbonyl (C=O) groups is 1. The third-order valence-electron chi connectivity index (χ3n) is 2.80. The lowest BCUT2D eigenvalue weighted by molar-refractivity contribution is -0.125. The summed E-state index contributed by atoms with van der Waals surface area (Å²) in [5.41, 5.74) is 0.619. The van der Waals surface area contributed by atoms with Gasteiger partial charge in [0.15, 0.2) is 11.0 Å². The maximum Gasteiger partial charge on any atom is 0.232 e. The zero-order valence-corrected chi connectivity index (χ0v) is 12.4. The van der Waals surface area contributed by atoms with E-state index in [-0.39, 0.29) is 11.7 Å². The molecule has 1 amide bonds. The van der Waals surface area contributed by atoms with Gasteiger partial charge < -0.3 is 14.6 Å². The van der Waals surface area contributed by atoms with E-state index in [0.717, 1.165) is 0 Å². The first-order valence-corrected chi connectivity index (χ1v) is 7.00. The monoisotopic (exact) mass is 292 g/mol.